The van der Waals surface area contributed by atoms with Gasteiger partial charge in [0.2, 0.25) is 0 Å². The topological polar surface area (TPSA) is 35.5 Å². The molecule has 2 rings (SSSR count). The summed E-state index contributed by atoms with van der Waals surface area (Å²) < 4.78 is 10.7. The van der Waals surface area contributed by atoms with Gasteiger partial charge in [0.1, 0.15) is 0 Å². The second-order valence-corrected chi connectivity index (χ2v) is 4.35. The Morgan fingerprint density at radius 2 is 2.17 bits per heavy atom. The standard InChI is InChI=1S/C15H18O3/c1-3-18-15-10-11(5-9-14(15)17-2)4-8-13(16)12-6-7-12/h4-5,8-10,12H,3,6-7H2,1-2H3. The number of hydrogen-bond donors (Lipinski definition) is 0. The van der Waals surface area contributed by atoms with E-state index >= 15 is 0 Å². The van der Waals surface area contributed by atoms with Crippen LogP contribution in [0.4, 0.5) is 0 Å². The van der Waals surface area contributed by atoms with Crippen molar-refractivity contribution in [2.45, 2.75) is 19.8 Å². The lowest BCUT2D eigenvalue weighted by molar-refractivity contribution is -0.115. The third-order valence-corrected chi connectivity index (χ3v) is 2.91. The highest BCUT2D eigenvalue weighted by Gasteiger charge is 2.27. The molecule has 0 radical (unpaired) electrons. The van der Waals surface area contributed by atoms with Crippen molar-refractivity contribution in [2.75, 3.05) is 13.7 Å². The second-order valence-electron chi connectivity index (χ2n) is 4.35. The van der Waals surface area contributed by atoms with E-state index in [0.29, 0.717) is 18.1 Å². The van der Waals surface area contributed by atoms with Crippen LogP contribution in [0.1, 0.15) is 25.3 Å². The molecule has 1 saturated carbocycles. The molecular formula is C15H18O3. The summed E-state index contributed by atoms with van der Waals surface area (Å²) in [4.78, 5) is 11.6. The molecule has 1 fully saturated rings. The molecule has 18 heavy (non-hydrogen) atoms. The van der Waals surface area contributed by atoms with Crippen molar-refractivity contribution < 1.29 is 14.3 Å². The molecule has 1 aliphatic rings. The van der Waals surface area contributed by atoms with Crippen molar-refractivity contribution in [3.05, 3.63) is 29.8 Å². The van der Waals surface area contributed by atoms with Crippen LogP contribution < -0.4 is 9.47 Å². The predicted molar refractivity (Wildman–Crippen MR) is 70.9 cm³/mol. The SMILES string of the molecule is CCOc1cc(C=CC(=O)C2CC2)ccc1OC. The molecule has 0 atom stereocenters. The maximum atomic E-state index is 11.6. The van der Waals surface area contributed by atoms with Gasteiger partial charge in [0, 0.05) is 5.92 Å². The number of benzene rings is 1. The molecule has 0 heterocycles. The molecule has 96 valence electrons. The largest absolute Gasteiger partial charge is 0.493 e. The molecule has 0 unspecified atom stereocenters. The van der Waals surface area contributed by atoms with Crippen LogP contribution >= 0.6 is 0 Å². The van der Waals surface area contributed by atoms with E-state index in [1.807, 2.05) is 31.2 Å². The molecule has 1 aromatic rings. The van der Waals surface area contributed by atoms with Crippen molar-refractivity contribution in [3.63, 3.8) is 0 Å². The number of carbonyl (C=O) groups excluding carboxylic acids is 1. The summed E-state index contributed by atoms with van der Waals surface area (Å²) in [5.41, 5.74) is 0.952. The van der Waals surface area contributed by atoms with Gasteiger partial charge in [-0.2, -0.15) is 0 Å². The highest BCUT2D eigenvalue weighted by molar-refractivity contribution is 5.96. The Balaban J connectivity index is 2.12. The van der Waals surface area contributed by atoms with Gasteiger partial charge in [-0.25, -0.2) is 0 Å². The normalized spacial score (nSPS) is 14.8. The Morgan fingerprint density at radius 1 is 1.39 bits per heavy atom. The van der Waals surface area contributed by atoms with Crippen LogP contribution in [0.5, 0.6) is 11.5 Å². The molecule has 0 saturated heterocycles. The van der Waals surface area contributed by atoms with Crippen molar-refractivity contribution in [1.29, 1.82) is 0 Å². The molecule has 0 N–H and O–H groups in total. The summed E-state index contributed by atoms with van der Waals surface area (Å²) in [6.07, 6.45) is 5.57. The summed E-state index contributed by atoms with van der Waals surface area (Å²) in [6, 6.07) is 5.66. The number of hydrogen-bond acceptors (Lipinski definition) is 3. The average molecular weight is 246 g/mol. The molecular weight excluding hydrogens is 228 g/mol. The zero-order valence-corrected chi connectivity index (χ0v) is 10.8. The van der Waals surface area contributed by atoms with E-state index in [0.717, 1.165) is 18.4 Å². The fourth-order valence-corrected chi connectivity index (χ4v) is 1.75. The predicted octanol–water partition coefficient (Wildman–Crippen LogP) is 3.09. The van der Waals surface area contributed by atoms with Gasteiger partial charge >= 0.3 is 0 Å². The Kier molecular flexibility index (Phi) is 4.03. The van der Waals surface area contributed by atoms with Crippen molar-refractivity contribution >= 4 is 11.9 Å². The average Bonchev–Trinajstić information content (AvgIpc) is 3.21. The van der Waals surface area contributed by atoms with Gasteiger partial charge in [0.05, 0.1) is 13.7 Å². The number of methoxy groups -OCH3 is 1. The second kappa shape index (κ2) is 5.71. The van der Waals surface area contributed by atoms with Crippen LogP contribution in [-0.2, 0) is 4.79 Å². The van der Waals surface area contributed by atoms with Crippen molar-refractivity contribution in [3.8, 4) is 11.5 Å². The summed E-state index contributed by atoms with van der Waals surface area (Å²) in [5, 5.41) is 0. The van der Waals surface area contributed by atoms with Gasteiger partial charge in [-0.15, -0.1) is 0 Å². The van der Waals surface area contributed by atoms with Crippen molar-refractivity contribution in [2.24, 2.45) is 5.92 Å². The molecule has 0 aromatic heterocycles. The first-order chi connectivity index (χ1) is 8.74. The number of ketones is 1. The Hall–Kier alpha value is -1.77. The fourth-order valence-electron chi connectivity index (χ4n) is 1.75. The number of rotatable bonds is 6. The van der Waals surface area contributed by atoms with Crippen LogP contribution in [-0.4, -0.2) is 19.5 Å². The molecule has 0 amide bonds. The van der Waals surface area contributed by atoms with Crippen molar-refractivity contribution in [1.82, 2.24) is 0 Å². The van der Waals surface area contributed by atoms with E-state index in [-0.39, 0.29) is 11.7 Å². The van der Waals surface area contributed by atoms with E-state index in [9.17, 15) is 4.79 Å². The fraction of sp³-hybridized carbons (Fsp3) is 0.400. The van der Waals surface area contributed by atoms with Gasteiger partial charge < -0.3 is 9.47 Å². The molecule has 3 heteroatoms. The molecule has 3 nitrogen and oxygen atoms in total. The number of ether oxygens (including phenoxy) is 2. The Bertz CT molecular complexity index is 459. The molecule has 0 aliphatic heterocycles. The lowest BCUT2D eigenvalue weighted by atomic mass is 10.1. The lowest BCUT2D eigenvalue weighted by Gasteiger charge is -2.09. The third kappa shape index (κ3) is 3.13. The first kappa shape index (κ1) is 12.7. The Labute approximate surface area is 107 Å². The monoisotopic (exact) mass is 246 g/mol. The molecule has 0 spiro atoms. The van der Waals surface area contributed by atoms with Crippen LogP contribution in [0, 0.1) is 5.92 Å². The molecule has 1 aromatic carbocycles. The minimum absolute atomic E-state index is 0.226. The molecule has 0 bridgehead atoms. The smallest absolute Gasteiger partial charge is 0.161 e. The number of allylic oxidation sites excluding steroid dienone is 1. The van der Waals surface area contributed by atoms with E-state index in [4.69, 9.17) is 9.47 Å². The zero-order chi connectivity index (χ0) is 13.0. The highest BCUT2D eigenvalue weighted by Crippen LogP contribution is 2.31. The van der Waals surface area contributed by atoms with Gasteiger partial charge in [0.15, 0.2) is 17.3 Å². The van der Waals surface area contributed by atoms with Gasteiger partial charge in [0.25, 0.3) is 0 Å². The Morgan fingerprint density at radius 3 is 2.78 bits per heavy atom. The van der Waals surface area contributed by atoms with Crippen LogP contribution in [0.15, 0.2) is 24.3 Å². The zero-order valence-electron chi connectivity index (χ0n) is 10.8. The first-order valence-corrected chi connectivity index (χ1v) is 6.27. The quantitative estimate of drug-likeness (QED) is 0.723. The van der Waals surface area contributed by atoms with E-state index in [1.165, 1.54) is 0 Å². The highest BCUT2D eigenvalue weighted by atomic mass is 16.5. The van der Waals surface area contributed by atoms with Crippen LogP contribution in [0.3, 0.4) is 0 Å². The van der Waals surface area contributed by atoms with E-state index in [1.54, 1.807) is 13.2 Å². The molecule has 1 aliphatic carbocycles. The van der Waals surface area contributed by atoms with Crippen LogP contribution in [0.2, 0.25) is 0 Å². The maximum Gasteiger partial charge on any atom is 0.161 e. The summed E-state index contributed by atoms with van der Waals surface area (Å²) >= 11 is 0. The summed E-state index contributed by atoms with van der Waals surface area (Å²) in [5.74, 6) is 1.91. The van der Waals surface area contributed by atoms with Gasteiger partial charge in [-0.1, -0.05) is 12.1 Å². The first-order valence-electron chi connectivity index (χ1n) is 6.27. The minimum atomic E-state index is 0.226. The summed E-state index contributed by atoms with van der Waals surface area (Å²) in [6.45, 7) is 2.52. The summed E-state index contributed by atoms with van der Waals surface area (Å²) in [7, 11) is 1.62. The maximum absolute atomic E-state index is 11.6. The van der Waals surface area contributed by atoms with Crippen LogP contribution in [0.25, 0.3) is 6.08 Å². The van der Waals surface area contributed by atoms with E-state index in [2.05, 4.69) is 0 Å². The lowest BCUT2D eigenvalue weighted by Crippen LogP contribution is -1.96. The van der Waals surface area contributed by atoms with E-state index < -0.39 is 0 Å². The van der Waals surface area contributed by atoms with Gasteiger partial charge in [-0.05, 0) is 43.5 Å². The number of carbonyl (C=O) groups is 1. The van der Waals surface area contributed by atoms with Gasteiger partial charge in [-0.3, -0.25) is 4.79 Å². The third-order valence-electron chi connectivity index (χ3n) is 2.91. The minimum Gasteiger partial charge on any atom is -0.493 e.